The maximum atomic E-state index is 12.4. The van der Waals surface area contributed by atoms with Crippen LogP contribution in [-0.4, -0.2) is 25.9 Å². The number of aromatic nitrogens is 1. The van der Waals surface area contributed by atoms with Crippen LogP contribution in [0.3, 0.4) is 0 Å². The van der Waals surface area contributed by atoms with Gasteiger partial charge < -0.3 is 10.1 Å². The number of ether oxygens (including phenoxy) is 1. The number of hydrogen-bond donors (Lipinski definition) is 2. The number of nitrogens with zero attached hydrogens (tertiary/aromatic N) is 1. The van der Waals surface area contributed by atoms with Crippen molar-refractivity contribution in [3.63, 3.8) is 0 Å². The van der Waals surface area contributed by atoms with E-state index in [0.717, 1.165) is 0 Å². The van der Waals surface area contributed by atoms with E-state index in [-0.39, 0.29) is 22.2 Å². The Labute approximate surface area is 169 Å². The Kier molecular flexibility index (Phi) is 6.25. The maximum absolute atomic E-state index is 12.4. The number of nitrogens with one attached hydrogen (secondary N) is 2. The van der Waals surface area contributed by atoms with E-state index in [4.69, 9.17) is 4.74 Å². The number of sulfonamides is 1. The van der Waals surface area contributed by atoms with Crippen molar-refractivity contribution in [2.24, 2.45) is 0 Å². The lowest BCUT2D eigenvalue weighted by molar-refractivity contribution is 0.0955. The molecular formula is C21H19N3O4S. The summed E-state index contributed by atoms with van der Waals surface area (Å²) in [6.07, 6.45) is 3.09. The van der Waals surface area contributed by atoms with Crippen molar-refractivity contribution in [1.29, 1.82) is 0 Å². The normalized spacial score (nSPS) is 10.8. The number of rotatable bonds is 8. The minimum Gasteiger partial charge on any atom is -0.438 e. The van der Waals surface area contributed by atoms with Crippen LogP contribution >= 0.6 is 0 Å². The third-order valence-corrected chi connectivity index (χ3v) is 5.19. The van der Waals surface area contributed by atoms with E-state index in [2.05, 4.69) is 21.6 Å². The predicted octanol–water partition coefficient (Wildman–Crippen LogP) is 3.59. The van der Waals surface area contributed by atoms with E-state index in [1.165, 1.54) is 18.3 Å². The average Bonchev–Trinajstić information content (AvgIpc) is 2.74. The van der Waals surface area contributed by atoms with Crippen LogP contribution in [-0.2, 0) is 10.0 Å². The molecular weight excluding hydrogens is 390 g/mol. The predicted molar refractivity (Wildman–Crippen MR) is 111 cm³/mol. The summed E-state index contributed by atoms with van der Waals surface area (Å²) in [6.45, 7) is 3.88. The van der Waals surface area contributed by atoms with Gasteiger partial charge in [0.25, 0.3) is 15.9 Å². The highest BCUT2D eigenvalue weighted by molar-refractivity contribution is 7.92. The zero-order valence-corrected chi connectivity index (χ0v) is 16.2. The van der Waals surface area contributed by atoms with Gasteiger partial charge in [-0.05, 0) is 48.5 Å². The van der Waals surface area contributed by atoms with Gasteiger partial charge in [-0.2, -0.15) is 0 Å². The molecule has 1 heterocycles. The number of pyridine rings is 1. The molecule has 0 spiro atoms. The average molecular weight is 409 g/mol. The largest absolute Gasteiger partial charge is 0.438 e. The highest BCUT2D eigenvalue weighted by Crippen LogP contribution is 2.25. The van der Waals surface area contributed by atoms with Crippen molar-refractivity contribution in [2.75, 3.05) is 11.3 Å². The van der Waals surface area contributed by atoms with E-state index in [9.17, 15) is 13.2 Å². The molecule has 1 aromatic heterocycles. The first-order chi connectivity index (χ1) is 14.0. The molecule has 0 aliphatic heterocycles. The molecule has 0 aliphatic rings. The topological polar surface area (TPSA) is 97.4 Å². The van der Waals surface area contributed by atoms with Gasteiger partial charge in [-0.15, -0.1) is 6.58 Å². The van der Waals surface area contributed by atoms with Gasteiger partial charge in [0, 0.05) is 18.4 Å². The summed E-state index contributed by atoms with van der Waals surface area (Å²) in [7, 11) is -3.68. The van der Waals surface area contributed by atoms with Crippen molar-refractivity contribution in [3.8, 4) is 11.6 Å². The molecule has 0 atom stereocenters. The fraction of sp³-hybridized carbons (Fsp3) is 0.0476. The molecule has 0 radical (unpaired) electrons. The summed E-state index contributed by atoms with van der Waals surface area (Å²) < 4.78 is 33.0. The van der Waals surface area contributed by atoms with Crippen LogP contribution in [0.25, 0.3) is 0 Å². The lowest BCUT2D eigenvalue weighted by atomic mass is 10.2. The number of amides is 1. The van der Waals surface area contributed by atoms with Crippen LogP contribution in [0.15, 0.2) is 90.5 Å². The Morgan fingerprint density at radius 3 is 2.45 bits per heavy atom. The summed E-state index contributed by atoms with van der Waals surface area (Å²) >= 11 is 0. The molecule has 7 nitrogen and oxygen atoms in total. The molecule has 8 heteroatoms. The van der Waals surface area contributed by atoms with E-state index < -0.39 is 10.0 Å². The lowest BCUT2D eigenvalue weighted by Gasteiger charge is -2.11. The third kappa shape index (κ3) is 5.20. The van der Waals surface area contributed by atoms with Gasteiger partial charge in [-0.3, -0.25) is 9.52 Å². The molecule has 3 aromatic rings. The Hall–Kier alpha value is -3.65. The summed E-state index contributed by atoms with van der Waals surface area (Å²) in [6, 6.07) is 17.6. The maximum Gasteiger partial charge on any atom is 0.261 e. The molecule has 1 amide bonds. The zero-order valence-electron chi connectivity index (χ0n) is 15.4. The van der Waals surface area contributed by atoms with Gasteiger partial charge >= 0.3 is 0 Å². The summed E-state index contributed by atoms with van der Waals surface area (Å²) in [5, 5.41) is 2.67. The van der Waals surface area contributed by atoms with Gasteiger partial charge in [0.05, 0.1) is 4.90 Å². The van der Waals surface area contributed by atoms with E-state index in [0.29, 0.717) is 18.0 Å². The third-order valence-electron chi connectivity index (χ3n) is 3.80. The van der Waals surface area contributed by atoms with Gasteiger partial charge in [0.1, 0.15) is 11.3 Å². The Balaban J connectivity index is 1.74. The molecule has 148 valence electrons. The van der Waals surface area contributed by atoms with Crippen LogP contribution in [0.5, 0.6) is 11.6 Å². The molecule has 0 saturated heterocycles. The highest BCUT2D eigenvalue weighted by Gasteiger charge is 2.15. The molecule has 0 unspecified atom stereocenters. The fourth-order valence-electron chi connectivity index (χ4n) is 2.42. The van der Waals surface area contributed by atoms with Crippen molar-refractivity contribution >= 4 is 21.6 Å². The van der Waals surface area contributed by atoms with Gasteiger partial charge in [-0.25, -0.2) is 13.4 Å². The Bertz CT molecular complexity index is 1100. The van der Waals surface area contributed by atoms with Crippen LogP contribution < -0.4 is 14.8 Å². The highest BCUT2D eigenvalue weighted by atomic mass is 32.2. The number of anilines is 1. The molecule has 0 bridgehead atoms. The molecule has 3 rings (SSSR count). The van der Waals surface area contributed by atoms with Crippen molar-refractivity contribution in [3.05, 3.63) is 91.1 Å². The van der Waals surface area contributed by atoms with E-state index >= 15 is 0 Å². The lowest BCUT2D eigenvalue weighted by Crippen LogP contribution is -2.23. The van der Waals surface area contributed by atoms with Gasteiger partial charge in [0.2, 0.25) is 5.88 Å². The molecule has 2 aromatic carbocycles. The number of benzene rings is 2. The first kappa shape index (κ1) is 20.1. The number of carbonyl (C=O) groups excluding carboxylic acids is 1. The second kappa shape index (κ2) is 9.03. The molecule has 0 saturated carbocycles. The van der Waals surface area contributed by atoms with Crippen LogP contribution in [0.2, 0.25) is 0 Å². The first-order valence-corrected chi connectivity index (χ1v) is 10.2. The second-order valence-electron chi connectivity index (χ2n) is 5.90. The van der Waals surface area contributed by atoms with Crippen LogP contribution in [0, 0.1) is 0 Å². The van der Waals surface area contributed by atoms with E-state index in [1.54, 1.807) is 60.7 Å². The van der Waals surface area contributed by atoms with Crippen molar-refractivity contribution in [2.45, 2.75) is 4.90 Å². The monoisotopic (exact) mass is 409 g/mol. The van der Waals surface area contributed by atoms with E-state index in [1.807, 2.05) is 0 Å². The Morgan fingerprint density at radius 1 is 1.03 bits per heavy atom. The smallest absolute Gasteiger partial charge is 0.261 e. The number of carbonyl (C=O) groups is 1. The van der Waals surface area contributed by atoms with Crippen LogP contribution in [0.1, 0.15) is 10.4 Å². The summed E-state index contributed by atoms with van der Waals surface area (Å²) in [5.41, 5.74) is 0.661. The van der Waals surface area contributed by atoms with Crippen LogP contribution in [0.4, 0.5) is 5.69 Å². The fourth-order valence-corrected chi connectivity index (χ4v) is 3.50. The standard InChI is InChI=1S/C21H19N3O4S/c1-2-14-22-20(25)19-9-6-15-23-21(19)28-17-12-10-16(11-13-17)24-29(26,27)18-7-4-3-5-8-18/h2-13,15,24H,1,14H2,(H,22,25). The quantitative estimate of drug-likeness (QED) is 0.554. The molecule has 0 fully saturated rings. The van der Waals surface area contributed by atoms with Gasteiger partial charge in [-0.1, -0.05) is 24.3 Å². The first-order valence-electron chi connectivity index (χ1n) is 8.69. The Morgan fingerprint density at radius 2 is 1.76 bits per heavy atom. The minimum absolute atomic E-state index is 0.145. The minimum atomic E-state index is -3.68. The van der Waals surface area contributed by atoms with Crippen molar-refractivity contribution in [1.82, 2.24) is 10.3 Å². The summed E-state index contributed by atoms with van der Waals surface area (Å²) in [5.74, 6) is 0.219. The number of hydrogen-bond acceptors (Lipinski definition) is 5. The van der Waals surface area contributed by atoms with Crippen molar-refractivity contribution < 1.29 is 17.9 Å². The zero-order chi connectivity index (χ0) is 20.7. The van der Waals surface area contributed by atoms with Gasteiger partial charge in [0.15, 0.2) is 0 Å². The summed E-state index contributed by atoms with van der Waals surface area (Å²) in [4.78, 5) is 16.5. The second-order valence-corrected chi connectivity index (χ2v) is 7.58. The molecule has 2 N–H and O–H groups in total. The molecule has 29 heavy (non-hydrogen) atoms. The SMILES string of the molecule is C=CCNC(=O)c1cccnc1Oc1ccc(NS(=O)(=O)c2ccccc2)cc1. The molecule has 0 aliphatic carbocycles.